The monoisotopic (exact) mass is 142 g/mol. The van der Waals surface area contributed by atoms with Crippen LogP contribution in [-0.2, 0) is 4.79 Å². The van der Waals surface area contributed by atoms with E-state index in [9.17, 15) is 9.90 Å². The van der Waals surface area contributed by atoms with Crippen LogP contribution in [0.5, 0.6) is 0 Å². The summed E-state index contributed by atoms with van der Waals surface area (Å²) in [5.74, 6) is 0.620. The largest absolute Gasteiger partial charge is 0.392 e. The summed E-state index contributed by atoms with van der Waals surface area (Å²) in [6, 6.07) is 0. The number of ketones is 1. The molecule has 0 aromatic rings. The van der Waals surface area contributed by atoms with Gasteiger partial charge < -0.3 is 5.11 Å². The molecule has 1 atom stereocenters. The summed E-state index contributed by atoms with van der Waals surface area (Å²) >= 11 is 0. The van der Waals surface area contributed by atoms with Crippen LogP contribution >= 0.6 is 0 Å². The predicted molar refractivity (Wildman–Crippen MR) is 38.6 cm³/mol. The second-order valence-electron chi connectivity index (χ2n) is 3.00. The minimum atomic E-state index is -0.340. The molecule has 2 heteroatoms. The average molecular weight is 142 g/mol. The quantitative estimate of drug-likeness (QED) is 0.638. The van der Waals surface area contributed by atoms with E-state index in [0.717, 1.165) is 12.8 Å². The van der Waals surface area contributed by atoms with Gasteiger partial charge in [-0.3, -0.25) is 4.79 Å². The number of carbonyl (C=O) groups excluding carboxylic acids is 1. The lowest BCUT2D eigenvalue weighted by Gasteiger charge is -2.05. The van der Waals surface area contributed by atoms with E-state index in [2.05, 4.69) is 0 Å². The van der Waals surface area contributed by atoms with Crippen LogP contribution in [0.25, 0.3) is 0 Å². The van der Waals surface area contributed by atoms with E-state index in [-0.39, 0.29) is 11.9 Å². The van der Waals surface area contributed by atoms with E-state index in [1.54, 1.807) is 0 Å². The Labute approximate surface area is 61.2 Å². The summed E-state index contributed by atoms with van der Waals surface area (Å²) in [6.45, 7) is 1.84. The molecule has 1 rings (SSSR count). The van der Waals surface area contributed by atoms with E-state index in [0.29, 0.717) is 18.8 Å². The van der Waals surface area contributed by atoms with Crippen molar-refractivity contribution in [3.05, 3.63) is 0 Å². The molecule has 0 bridgehead atoms. The Morgan fingerprint density at radius 2 is 2.30 bits per heavy atom. The number of rotatable bonds is 4. The van der Waals surface area contributed by atoms with Crippen molar-refractivity contribution in [1.29, 1.82) is 0 Å². The fraction of sp³-hybridized carbons (Fsp3) is 0.875. The van der Waals surface area contributed by atoms with Crippen molar-refractivity contribution in [2.75, 3.05) is 0 Å². The molecular weight excluding hydrogens is 128 g/mol. The minimum Gasteiger partial charge on any atom is -0.392 e. The van der Waals surface area contributed by atoms with Crippen LogP contribution in [0, 0.1) is 5.92 Å². The standard InChI is InChI=1S/C8H14O2/c1-2-7(9)5-8(10)6-3-4-6/h6,8,10H,2-5H2,1H3. The maximum atomic E-state index is 10.8. The van der Waals surface area contributed by atoms with Crippen molar-refractivity contribution < 1.29 is 9.90 Å². The van der Waals surface area contributed by atoms with E-state index in [1.807, 2.05) is 6.92 Å². The van der Waals surface area contributed by atoms with Crippen molar-refractivity contribution in [2.24, 2.45) is 5.92 Å². The number of hydrogen-bond acceptors (Lipinski definition) is 2. The molecule has 0 aromatic carbocycles. The molecule has 0 aromatic heterocycles. The Morgan fingerprint density at radius 3 is 2.70 bits per heavy atom. The average Bonchev–Trinajstić information content (AvgIpc) is 2.68. The molecule has 58 valence electrons. The first kappa shape index (κ1) is 7.73. The van der Waals surface area contributed by atoms with Crippen LogP contribution in [0.3, 0.4) is 0 Å². The first-order chi connectivity index (χ1) is 4.74. The highest BCUT2D eigenvalue weighted by atomic mass is 16.3. The van der Waals surface area contributed by atoms with E-state index in [4.69, 9.17) is 0 Å². The number of carbonyl (C=O) groups is 1. The van der Waals surface area contributed by atoms with Crippen molar-refractivity contribution in [1.82, 2.24) is 0 Å². The van der Waals surface area contributed by atoms with Gasteiger partial charge in [-0.2, -0.15) is 0 Å². The lowest BCUT2D eigenvalue weighted by molar-refractivity contribution is -0.120. The first-order valence-electron chi connectivity index (χ1n) is 3.93. The van der Waals surface area contributed by atoms with Gasteiger partial charge in [-0.25, -0.2) is 0 Å². The molecule has 1 aliphatic rings. The molecule has 0 amide bonds. The zero-order chi connectivity index (χ0) is 7.56. The molecule has 1 aliphatic carbocycles. The molecule has 0 saturated heterocycles. The molecule has 0 heterocycles. The second kappa shape index (κ2) is 3.15. The van der Waals surface area contributed by atoms with Crippen LogP contribution in [0.1, 0.15) is 32.6 Å². The fourth-order valence-electron chi connectivity index (χ4n) is 1.03. The lowest BCUT2D eigenvalue weighted by atomic mass is 10.1. The second-order valence-corrected chi connectivity index (χ2v) is 3.00. The highest BCUT2D eigenvalue weighted by molar-refractivity contribution is 5.78. The van der Waals surface area contributed by atoms with Crippen LogP contribution < -0.4 is 0 Å². The lowest BCUT2D eigenvalue weighted by Crippen LogP contribution is -2.14. The van der Waals surface area contributed by atoms with Gasteiger partial charge in [-0.05, 0) is 18.8 Å². The van der Waals surface area contributed by atoms with Crippen molar-refractivity contribution in [3.8, 4) is 0 Å². The molecule has 1 N–H and O–H groups in total. The normalized spacial score (nSPS) is 20.6. The summed E-state index contributed by atoms with van der Waals surface area (Å²) in [5, 5.41) is 9.27. The summed E-state index contributed by atoms with van der Waals surface area (Å²) in [5.41, 5.74) is 0. The molecule has 2 nitrogen and oxygen atoms in total. The molecule has 1 saturated carbocycles. The van der Waals surface area contributed by atoms with Gasteiger partial charge in [-0.15, -0.1) is 0 Å². The Morgan fingerprint density at radius 1 is 1.70 bits per heavy atom. The van der Waals surface area contributed by atoms with Crippen molar-refractivity contribution >= 4 is 5.78 Å². The Balaban J connectivity index is 2.16. The topological polar surface area (TPSA) is 37.3 Å². The number of hydrogen-bond donors (Lipinski definition) is 1. The maximum Gasteiger partial charge on any atom is 0.135 e. The summed E-state index contributed by atoms with van der Waals surface area (Å²) in [7, 11) is 0. The Kier molecular flexibility index (Phi) is 2.44. The molecular formula is C8H14O2. The maximum absolute atomic E-state index is 10.8. The summed E-state index contributed by atoms with van der Waals surface area (Å²) < 4.78 is 0. The molecule has 0 radical (unpaired) electrons. The first-order valence-corrected chi connectivity index (χ1v) is 3.93. The smallest absolute Gasteiger partial charge is 0.135 e. The number of aliphatic hydroxyl groups excluding tert-OH is 1. The summed E-state index contributed by atoms with van der Waals surface area (Å²) in [6.07, 6.45) is 2.81. The Hall–Kier alpha value is -0.370. The van der Waals surface area contributed by atoms with E-state index >= 15 is 0 Å². The fourth-order valence-corrected chi connectivity index (χ4v) is 1.03. The molecule has 0 aliphatic heterocycles. The van der Waals surface area contributed by atoms with Gasteiger partial charge in [0.2, 0.25) is 0 Å². The van der Waals surface area contributed by atoms with Crippen LogP contribution in [-0.4, -0.2) is 17.0 Å². The molecule has 1 fully saturated rings. The highest BCUT2D eigenvalue weighted by Gasteiger charge is 2.30. The molecule has 1 unspecified atom stereocenters. The zero-order valence-electron chi connectivity index (χ0n) is 6.34. The SMILES string of the molecule is CCC(=O)CC(O)C1CC1. The molecule has 10 heavy (non-hydrogen) atoms. The van der Waals surface area contributed by atoms with E-state index in [1.165, 1.54) is 0 Å². The summed E-state index contributed by atoms with van der Waals surface area (Å²) in [4.78, 5) is 10.8. The third-order valence-electron chi connectivity index (χ3n) is 2.00. The number of Topliss-reactive ketones (excluding diaryl/α,β-unsaturated/α-hetero) is 1. The van der Waals surface area contributed by atoms with E-state index < -0.39 is 0 Å². The zero-order valence-corrected chi connectivity index (χ0v) is 6.34. The van der Waals surface area contributed by atoms with Gasteiger partial charge in [0.05, 0.1) is 6.10 Å². The van der Waals surface area contributed by atoms with Crippen LogP contribution in [0.15, 0.2) is 0 Å². The third-order valence-corrected chi connectivity index (χ3v) is 2.00. The van der Waals surface area contributed by atoms with Crippen molar-refractivity contribution in [3.63, 3.8) is 0 Å². The van der Waals surface area contributed by atoms with Gasteiger partial charge in [0, 0.05) is 12.8 Å². The van der Waals surface area contributed by atoms with Crippen LogP contribution in [0.2, 0.25) is 0 Å². The van der Waals surface area contributed by atoms with Gasteiger partial charge in [0.25, 0.3) is 0 Å². The van der Waals surface area contributed by atoms with Gasteiger partial charge >= 0.3 is 0 Å². The van der Waals surface area contributed by atoms with Gasteiger partial charge in [0.1, 0.15) is 5.78 Å². The predicted octanol–water partition coefficient (Wildman–Crippen LogP) is 1.13. The van der Waals surface area contributed by atoms with Gasteiger partial charge in [0.15, 0.2) is 0 Å². The Bertz CT molecular complexity index is 127. The van der Waals surface area contributed by atoms with Crippen molar-refractivity contribution in [2.45, 2.75) is 38.7 Å². The van der Waals surface area contributed by atoms with Gasteiger partial charge in [-0.1, -0.05) is 6.92 Å². The third kappa shape index (κ3) is 2.10. The minimum absolute atomic E-state index is 0.180. The number of aliphatic hydroxyl groups is 1. The highest BCUT2D eigenvalue weighted by Crippen LogP contribution is 2.33. The molecule has 0 spiro atoms. The van der Waals surface area contributed by atoms with Crippen LogP contribution in [0.4, 0.5) is 0 Å².